The summed E-state index contributed by atoms with van der Waals surface area (Å²) in [6, 6.07) is -0.821. The van der Waals surface area contributed by atoms with Crippen molar-refractivity contribution < 1.29 is 29.0 Å². The van der Waals surface area contributed by atoms with E-state index in [0.717, 1.165) is 0 Å². The highest BCUT2D eigenvalue weighted by Crippen LogP contribution is 2.64. The third-order valence-electron chi connectivity index (χ3n) is 6.53. The molecule has 0 aliphatic carbocycles. The summed E-state index contributed by atoms with van der Waals surface area (Å²) in [4.78, 5) is 41.3. The van der Waals surface area contributed by atoms with E-state index < -0.39 is 40.6 Å². The monoisotopic (exact) mass is 410 g/mol. The molecule has 29 heavy (non-hydrogen) atoms. The van der Waals surface area contributed by atoms with E-state index in [1.165, 1.54) is 4.90 Å². The molecule has 0 aromatic rings. The van der Waals surface area contributed by atoms with Crippen molar-refractivity contribution in [3.05, 3.63) is 0 Å². The molecule has 0 aromatic heterocycles. The van der Waals surface area contributed by atoms with Crippen LogP contribution in [0.15, 0.2) is 0 Å². The summed E-state index contributed by atoms with van der Waals surface area (Å²) in [5.74, 6) is -2.39. The van der Waals surface area contributed by atoms with Crippen molar-refractivity contribution in [2.24, 2.45) is 11.8 Å². The Kier molecular flexibility index (Phi) is 5.73. The summed E-state index contributed by atoms with van der Waals surface area (Å²) in [7, 11) is 0. The lowest BCUT2D eigenvalue weighted by Gasteiger charge is -2.35. The summed E-state index contributed by atoms with van der Waals surface area (Å²) in [6.45, 7) is 9.73. The molecule has 3 aliphatic heterocycles. The molecular weight excluding hydrogens is 376 g/mol. The second kappa shape index (κ2) is 7.54. The van der Waals surface area contributed by atoms with Gasteiger partial charge in [0.15, 0.2) is 0 Å². The minimum atomic E-state index is -1.03. The number of carbonyl (C=O) groups excluding carboxylic acids is 3. The lowest BCUT2D eigenvalue weighted by atomic mass is 9.65. The zero-order chi connectivity index (χ0) is 21.6. The normalized spacial score (nSPS) is 35.7. The molecule has 2 amide bonds. The number of nitrogens with one attached hydrogen (secondary N) is 1. The number of aliphatic hydroxyl groups excluding tert-OH is 1. The number of likely N-dealkylation sites (tertiary alicyclic amines) is 1. The van der Waals surface area contributed by atoms with Crippen molar-refractivity contribution in [3.63, 3.8) is 0 Å². The molecule has 8 heteroatoms. The maximum atomic E-state index is 13.5. The number of rotatable bonds is 7. The van der Waals surface area contributed by atoms with Gasteiger partial charge in [0, 0.05) is 18.7 Å². The number of hydrogen-bond donors (Lipinski definition) is 2. The van der Waals surface area contributed by atoms with Crippen molar-refractivity contribution >= 4 is 17.8 Å². The first kappa shape index (κ1) is 22.0. The van der Waals surface area contributed by atoms with Gasteiger partial charge in [-0.15, -0.1) is 0 Å². The number of hydrogen-bond acceptors (Lipinski definition) is 6. The third-order valence-corrected chi connectivity index (χ3v) is 6.53. The topological polar surface area (TPSA) is 105 Å². The molecule has 3 saturated heterocycles. The molecule has 5 atom stereocenters. The highest BCUT2D eigenvalue weighted by Gasteiger charge is 2.79. The molecule has 8 nitrogen and oxygen atoms in total. The number of esters is 1. The van der Waals surface area contributed by atoms with E-state index in [-0.39, 0.29) is 31.6 Å². The van der Waals surface area contributed by atoms with Gasteiger partial charge < -0.3 is 24.8 Å². The van der Waals surface area contributed by atoms with Crippen molar-refractivity contribution in [2.75, 3.05) is 19.8 Å². The van der Waals surface area contributed by atoms with Crippen LogP contribution in [0.3, 0.4) is 0 Å². The minimum absolute atomic E-state index is 0.0872. The molecular formula is C21H34N2O6. The number of ether oxygens (including phenoxy) is 2. The van der Waals surface area contributed by atoms with E-state index in [2.05, 4.69) is 5.32 Å². The van der Waals surface area contributed by atoms with Crippen molar-refractivity contribution in [2.45, 2.75) is 83.1 Å². The quantitative estimate of drug-likeness (QED) is 0.607. The first-order chi connectivity index (χ1) is 13.6. The van der Waals surface area contributed by atoms with Crippen LogP contribution in [0.2, 0.25) is 0 Å². The molecule has 2 unspecified atom stereocenters. The summed E-state index contributed by atoms with van der Waals surface area (Å²) in [5.41, 5.74) is -2.28. The molecule has 0 aromatic carbocycles. The second-order valence-corrected chi connectivity index (χ2v) is 9.43. The summed E-state index contributed by atoms with van der Waals surface area (Å²) < 4.78 is 11.9. The van der Waals surface area contributed by atoms with Crippen LogP contribution in [0.1, 0.15) is 60.3 Å². The van der Waals surface area contributed by atoms with Crippen molar-refractivity contribution in [1.82, 2.24) is 10.2 Å². The van der Waals surface area contributed by atoms with Gasteiger partial charge >= 0.3 is 5.97 Å². The largest absolute Gasteiger partial charge is 0.466 e. The Morgan fingerprint density at radius 1 is 1.31 bits per heavy atom. The van der Waals surface area contributed by atoms with Gasteiger partial charge in [-0.25, -0.2) is 0 Å². The van der Waals surface area contributed by atoms with Crippen LogP contribution in [-0.4, -0.2) is 70.3 Å². The Hall–Kier alpha value is -1.67. The van der Waals surface area contributed by atoms with Gasteiger partial charge in [0.05, 0.1) is 18.1 Å². The van der Waals surface area contributed by atoms with Crippen LogP contribution in [0.25, 0.3) is 0 Å². The zero-order valence-electron chi connectivity index (χ0n) is 18.1. The fourth-order valence-electron chi connectivity index (χ4n) is 5.53. The second-order valence-electron chi connectivity index (χ2n) is 9.43. The Morgan fingerprint density at radius 3 is 2.55 bits per heavy atom. The predicted octanol–water partition coefficient (Wildman–Crippen LogP) is 1.00. The Labute approximate surface area is 172 Å². The van der Waals surface area contributed by atoms with E-state index in [9.17, 15) is 19.5 Å². The van der Waals surface area contributed by atoms with Gasteiger partial charge in [-0.2, -0.15) is 0 Å². The molecule has 3 fully saturated rings. The number of fused-ring (bicyclic) bond motifs is 1. The lowest BCUT2D eigenvalue weighted by molar-refractivity contribution is -0.160. The fraction of sp³-hybridized carbons (Fsp3) is 0.857. The molecule has 3 aliphatic rings. The van der Waals surface area contributed by atoms with Crippen LogP contribution in [0.4, 0.5) is 0 Å². The number of amides is 2. The molecule has 1 spiro atoms. The van der Waals surface area contributed by atoms with Crippen molar-refractivity contribution in [1.29, 1.82) is 0 Å². The van der Waals surface area contributed by atoms with E-state index in [1.807, 2.05) is 27.7 Å². The highest BCUT2D eigenvalue weighted by atomic mass is 16.6. The average molecular weight is 411 g/mol. The molecule has 2 bridgehead atoms. The van der Waals surface area contributed by atoms with Gasteiger partial charge in [0.1, 0.15) is 17.6 Å². The summed E-state index contributed by atoms with van der Waals surface area (Å²) in [5, 5.41) is 12.3. The summed E-state index contributed by atoms with van der Waals surface area (Å²) >= 11 is 0. The Morgan fingerprint density at radius 2 is 2.00 bits per heavy atom. The molecule has 3 rings (SSSR count). The van der Waals surface area contributed by atoms with Crippen LogP contribution < -0.4 is 5.32 Å². The highest BCUT2D eigenvalue weighted by molar-refractivity contribution is 5.98. The average Bonchev–Trinajstić information content (AvgIpc) is 3.22. The maximum Gasteiger partial charge on any atom is 0.312 e. The number of carbonyl (C=O) groups is 3. The maximum absolute atomic E-state index is 13.5. The lowest BCUT2D eigenvalue weighted by Crippen LogP contribution is -2.58. The van der Waals surface area contributed by atoms with Crippen LogP contribution in [0.5, 0.6) is 0 Å². The Balaban J connectivity index is 2.05. The molecule has 3 heterocycles. The number of aliphatic hydroxyl groups is 1. The fourth-order valence-corrected chi connectivity index (χ4v) is 5.53. The molecule has 0 radical (unpaired) electrons. The standard InChI is InChI=1S/C21H34N2O6/c1-6-20-9-10-21(29-20)13(14(20)18(27)28-7-2)17(26)23(11-8-12-24)15(21)16(25)22-19(3,4)5/h13-15,24H,6-12H2,1-5H3,(H,22,25)/t13-,14+,15?,20-,21?/m0/s1. The van der Waals surface area contributed by atoms with E-state index >= 15 is 0 Å². The third kappa shape index (κ3) is 3.34. The minimum Gasteiger partial charge on any atom is -0.466 e. The SMILES string of the molecule is CCOC(=O)[C@H]1[C@H]2C(=O)N(CCCO)C(C(=O)NC(C)(C)C)C23CC[C@]1(CC)O3. The predicted molar refractivity (Wildman–Crippen MR) is 105 cm³/mol. The van der Waals surface area contributed by atoms with Crippen LogP contribution >= 0.6 is 0 Å². The smallest absolute Gasteiger partial charge is 0.312 e. The van der Waals surface area contributed by atoms with Gasteiger partial charge in [-0.3, -0.25) is 14.4 Å². The van der Waals surface area contributed by atoms with Crippen molar-refractivity contribution in [3.8, 4) is 0 Å². The number of nitrogens with zero attached hydrogens (tertiary/aromatic N) is 1. The van der Waals surface area contributed by atoms with E-state index in [1.54, 1.807) is 6.92 Å². The molecule has 2 N–H and O–H groups in total. The molecule has 0 saturated carbocycles. The van der Waals surface area contributed by atoms with Gasteiger partial charge in [-0.1, -0.05) is 6.92 Å². The Bertz CT molecular complexity index is 689. The first-order valence-corrected chi connectivity index (χ1v) is 10.7. The van der Waals surface area contributed by atoms with Crippen LogP contribution in [0, 0.1) is 11.8 Å². The van der Waals surface area contributed by atoms with Gasteiger partial charge in [0.2, 0.25) is 11.8 Å². The molecule has 164 valence electrons. The van der Waals surface area contributed by atoms with E-state index in [0.29, 0.717) is 25.7 Å². The van der Waals surface area contributed by atoms with E-state index in [4.69, 9.17) is 9.47 Å². The van der Waals surface area contributed by atoms with Gasteiger partial charge in [0.25, 0.3) is 0 Å². The van der Waals surface area contributed by atoms with Gasteiger partial charge in [-0.05, 0) is 53.4 Å². The summed E-state index contributed by atoms with van der Waals surface area (Å²) in [6.07, 6.45) is 2.10. The van der Waals surface area contributed by atoms with Crippen LogP contribution in [-0.2, 0) is 23.9 Å². The zero-order valence-corrected chi connectivity index (χ0v) is 18.1. The first-order valence-electron chi connectivity index (χ1n) is 10.7.